The van der Waals surface area contributed by atoms with Gasteiger partial charge >= 0.3 is 0 Å². The molecule has 1 amide bonds. The summed E-state index contributed by atoms with van der Waals surface area (Å²) >= 11 is 0. The van der Waals surface area contributed by atoms with E-state index in [1.165, 1.54) is 12.8 Å². The number of carbonyl (C=O) groups excluding carboxylic acids is 1. The molecule has 3 rings (SSSR count). The zero-order valence-corrected chi connectivity index (χ0v) is 13.7. The summed E-state index contributed by atoms with van der Waals surface area (Å²) in [4.78, 5) is 15.6. The van der Waals surface area contributed by atoms with Crippen LogP contribution in [0.4, 0.5) is 0 Å². The second-order valence-electron chi connectivity index (χ2n) is 5.74. The first kappa shape index (κ1) is 15.5. The molecule has 6 heteroatoms. The first-order valence-corrected chi connectivity index (χ1v) is 7.80. The predicted octanol–water partition coefficient (Wildman–Crippen LogP) is 2.87. The molecular weight excluding hydrogens is 296 g/mol. The molecule has 0 bridgehead atoms. The molecule has 23 heavy (non-hydrogen) atoms. The molecule has 0 radical (unpaired) electrons. The van der Waals surface area contributed by atoms with E-state index in [0.29, 0.717) is 28.5 Å². The maximum Gasteiger partial charge on any atom is 0.267 e. The molecule has 1 aromatic heterocycles. The van der Waals surface area contributed by atoms with E-state index in [2.05, 4.69) is 10.3 Å². The van der Waals surface area contributed by atoms with Crippen LogP contribution in [0.5, 0.6) is 17.2 Å². The quantitative estimate of drug-likeness (QED) is 0.889. The van der Waals surface area contributed by atoms with Gasteiger partial charge in [-0.25, -0.2) is 0 Å². The monoisotopic (exact) mass is 318 g/mol. The average molecular weight is 318 g/mol. The third-order valence-electron chi connectivity index (χ3n) is 4.38. The van der Waals surface area contributed by atoms with E-state index in [1.54, 1.807) is 33.5 Å². The lowest BCUT2D eigenvalue weighted by Crippen LogP contribution is -2.32. The number of amides is 1. The first-order chi connectivity index (χ1) is 11.2. The molecule has 0 atom stereocenters. The maximum absolute atomic E-state index is 12.5. The molecule has 1 fully saturated rings. The van der Waals surface area contributed by atoms with Crippen LogP contribution in [-0.2, 0) is 0 Å². The fraction of sp³-hybridized carbons (Fsp3) is 0.471. The Morgan fingerprint density at radius 3 is 2.39 bits per heavy atom. The first-order valence-electron chi connectivity index (χ1n) is 7.80. The highest BCUT2D eigenvalue weighted by Gasteiger charge is 2.22. The Morgan fingerprint density at radius 1 is 1.09 bits per heavy atom. The maximum atomic E-state index is 12.5. The van der Waals surface area contributed by atoms with Crippen LogP contribution in [0.2, 0.25) is 0 Å². The van der Waals surface area contributed by atoms with Gasteiger partial charge in [0.05, 0.1) is 26.8 Å². The summed E-state index contributed by atoms with van der Waals surface area (Å²) < 4.78 is 16.2. The van der Waals surface area contributed by atoms with Gasteiger partial charge in [0.15, 0.2) is 11.5 Å². The van der Waals surface area contributed by atoms with Gasteiger partial charge in [0.1, 0.15) is 11.4 Å². The van der Waals surface area contributed by atoms with Crippen molar-refractivity contribution >= 4 is 16.8 Å². The van der Waals surface area contributed by atoms with Crippen molar-refractivity contribution < 1.29 is 19.0 Å². The normalized spacial score (nSPS) is 14.9. The zero-order valence-electron chi connectivity index (χ0n) is 13.7. The minimum absolute atomic E-state index is 0.101. The van der Waals surface area contributed by atoms with Gasteiger partial charge in [-0.3, -0.25) is 4.79 Å². The Kier molecular flexibility index (Phi) is 4.32. The second kappa shape index (κ2) is 6.40. The van der Waals surface area contributed by atoms with E-state index < -0.39 is 0 Å². The molecule has 0 spiro atoms. The fourth-order valence-corrected chi connectivity index (χ4v) is 3.19. The minimum Gasteiger partial charge on any atom is -0.496 e. The largest absolute Gasteiger partial charge is 0.496 e. The summed E-state index contributed by atoms with van der Waals surface area (Å²) in [5.41, 5.74) is 1.19. The Labute approximate surface area is 135 Å². The summed E-state index contributed by atoms with van der Waals surface area (Å²) in [6.45, 7) is 0. The highest BCUT2D eigenvalue weighted by Crippen LogP contribution is 2.41. The molecule has 1 aromatic carbocycles. The number of hydrogen-bond acceptors (Lipinski definition) is 4. The van der Waals surface area contributed by atoms with E-state index >= 15 is 0 Å². The Morgan fingerprint density at radius 2 is 1.78 bits per heavy atom. The van der Waals surface area contributed by atoms with Crippen LogP contribution in [0.3, 0.4) is 0 Å². The number of H-pyrrole nitrogens is 1. The van der Waals surface area contributed by atoms with Crippen molar-refractivity contribution in [3.05, 3.63) is 17.8 Å². The van der Waals surface area contributed by atoms with Crippen molar-refractivity contribution in [2.75, 3.05) is 21.3 Å². The zero-order chi connectivity index (χ0) is 16.4. The molecule has 1 saturated carbocycles. The van der Waals surface area contributed by atoms with Crippen LogP contribution in [0.15, 0.2) is 12.1 Å². The van der Waals surface area contributed by atoms with E-state index in [0.717, 1.165) is 18.2 Å². The van der Waals surface area contributed by atoms with Gasteiger partial charge in [0, 0.05) is 17.5 Å². The number of aromatic nitrogens is 1. The van der Waals surface area contributed by atoms with Crippen LogP contribution >= 0.6 is 0 Å². The molecular formula is C17H22N2O4. The molecule has 2 N–H and O–H groups in total. The molecule has 1 aliphatic carbocycles. The number of benzene rings is 1. The van der Waals surface area contributed by atoms with Crippen molar-refractivity contribution in [2.45, 2.75) is 31.7 Å². The predicted molar refractivity (Wildman–Crippen MR) is 87.7 cm³/mol. The molecule has 1 heterocycles. The number of fused-ring (bicyclic) bond motifs is 1. The summed E-state index contributed by atoms with van der Waals surface area (Å²) in [6.07, 6.45) is 4.45. The van der Waals surface area contributed by atoms with Crippen LogP contribution in [-0.4, -0.2) is 38.3 Å². The molecule has 0 unspecified atom stereocenters. The van der Waals surface area contributed by atoms with Gasteiger partial charge in [0.25, 0.3) is 5.91 Å². The third kappa shape index (κ3) is 2.81. The summed E-state index contributed by atoms with van der Waals surface area (Å²) in [7, 11) is 4.73. The number of aromatic amines is 1. The Bertz CT molecular complexity index is 717. The number of rotatable bonds is 5. The lowest BCUT2D eigenvalue weighted by molar-refractivity contribution is 0.0933. The van der Waals surface area contributed by atoms with Crippen LogP contribution in [0, 0.1) is 0 Å². The van der Waals surface area contributed by atoms with Crippen molar-refractivity contribution in [1.82, 2.24) is 10.3 Å². The third-order valence-corrected chi connectivity index (χ3v) is 4.38. The molecule has 6 nitrogen and oxygen atoms in total. The smallest absolute Gasteiger partial charge is 0.267 e. The van der Waals surface area contributed by atoms with Crippen molar-refractivity contribution in [3.8, 4) is 17.2 Å². The number of ether oxygens (including phenoxy) is 3. The van der Waals surface area contributed by atoms with E-state index in [1.807, 2.05) is 0 Å². The van der Waals surface area contributed by atoms with Gasteiger partial charge in [0.2, 0.25) is 0 Å². The lowest BCUT2D eigenvalue weighted by atomic mass is 10.2. The van der Waals surface area contributed by atoms with Gasteiger partial charge in [-0.15, -0.1) is 0 Å². The lowest BCUT2D eigenvalue weighted by Gasteiger charge is -2.11. The van der Waals surface area contributed by atoms with Gasteiger partial charge < -0.3 is 24.5 Å². The highest BCUT2D eigenvalue weighted by molar-refractivity contribution is 6.02. The standard InChI is InChI=1S/C17H22N2O4/c1-21-13-9-14(22-2)16(23-3)15-11(13)8-12(19-15)17(20)18-10-6-4-5-7-10/h8-10,19H,4-7H2,1-3H3,(H,18,20). The summed E-state index contributed by atoms with van der Waals surface area (Å²) in [5, 5.41) is 3.87. The van der Waals surface area contributed by atoms with Crippen molar-refractivity contribution in [2.24, 2.45) is 0 Å². The van der Waals surface area contributed by atoms with E-state index in [4.69, 9.17) is 14.2 Å². The highest BCUT2D eigenvalue weighted by atomic mass is 16.5. The van der Waals surface area contributed by atoms with Gasteiger partial charge in [-0.2, -0.15) is 0 Å². The minimum atomic E-state index is -0.101. The molecule has 0 saturated heterocycles. The number of carbonyl (C=O) groups is 1. The fourth-order valence-electron chi connectivity index (χ4n) is 3.19. The van der Waals surface area contributed by atoms with Gasteiger partial charge in [-0.05, 0) is 18.9 Å². The molecule has 2 aromatic rings. The number of nitrogens with one attached hydrogen (secondary N) is 2. The van der Waals surface area contributed by atoms with Crippen molar-refractivity contribution in [3.63, 3.8) is 0 Å². The summed E-state index contributed by atoms with van der Waals surface area (Å²) in [5.74, 6) is 1.65. The second-order valence-corrected chi connectivity index (χ2v) is 5.74. The van der Waals surface area contributed by atoms with E-state index in [-0.39, 0.29) is 11.9 Å². The molecule has 124 valence electrons. The molecule has 0 aliphatic heterocycles. The van der Waals surface area contributed by atoms with Crippen LogP contribution in [0.1, 0.15) is 36.2 Å². The Hall–Kier alpha value is -2.37. The van der Waals surface area contributed by atoms with Gasteiger partial charge in [-0.1, -0.05) is 12.8 Å². The number of methoxy groups -OCH3 is 3. The van der Waals surface area contributed by atoms with Crippen LogP contribution < -0.4 is 19.5 Å². The van der Waals surface area contributed by atoms with Crippen molar-refractivity contribution in [1.29, 1.82) is 0 Å². The molecule has 1 aliphatic rings. The number of hydrogen-bond donors (Lipinski definition) is 2. The SMILES string of the molecule is COc1cc(OC)c2cc(C(=O)NC3CCCC3)[nH]c2c1OC. The summed E-state index contributed by atoms with van der Waals surface area (Å²) in [6, 6.07) is 3.82. The van der Waals surface area contributed by atoms with E-state index in [9.17, 15) is 4.79 Å². The topological polar surface area (TPSA) is 72.6 Å². The average Bonchev–Trinajstić information content (AvgIpc) is 3.22. The van der Waals surface area contributed by atoms with Crippen LogP contribution in [0.25, 0.3) is 10.9 Å². The Balaban J connectivity index is 2.00.